The van der Waals surface area contributed by atoms with Crippen LogP contribution in [0.5, 0.6) is 5.75 Å². The number of amides is 2. The van der Waals surface area contributed by atoms with Crippen LogP contribution in [0.15, 0.2) is 35.2 Å². The van der Waals surface area contributed by atoms with E-state index in [1.54, 1.807) is 38.0 Å². The molecule has 2 aromatic rings. The molecule has 1 fully saturated rings. The maximum absolute atomic E-state index is 14.8. The summed E-state index contributed by atoms with van der Waals surface area (Å²) in [5, 5.41) is 11.6. The number of hydrogen-bond donors (Lipinski definition) is 2. The minimum atomic E-state index is -1.68. The van der Waals surface area contributed by atoms with Gasteiger partial charge in [-0.05, 0) is 79.3 Å². The Labute approximate surface area is 216 Å². The molecule has 1 heterocycles. The predicted octanol–water partition coefficient (Wildman–Crippen LogP) is 4.59. The Hall–Kier alpha value is -3.14. The van der Waals surface area contributed by atoms with Crippen LogP contribution in [0.2, 0.25) is 0 Å². The number of halogens is 2. The molecule has 1 aliphatic heterocycles. The SMILES string of the molecule is COc1ccc2c(c1)CCN(C(=O)[C@H]1C[C@H](CC(=O)O)C1)C2C(=O)Nc1cc(F)c(S(C)(C)C)c(F)c1. The highest BCUT2D eigenvalue weighted by Gasteiger charge is 2.43. The first kappa shape index (κ1) is 26.9. The zero-order valence-electron chi connectivity index (χ0n) is 21.3. The minimum Gasteiger partial charge on any atom is -0.497 e. The Bertz CT molecular complexity index is 1220. The van der Waals surface area contributed by atoms with Crippen LogP contribution >= 0.6 is 10.0 Å². The van der Waals surface area contributed by atoms with Gasteiger partial charge in [-0.3, -0.25) is 14.4 Å². The molecule has 2 aliphatic rings. The molecular formula is C27H32F2N2O5S. The molecule has 0 radical (unpaired) electrons. The molecule has 1 atom stereocenters. The fourth-order valence-electron chi connectivity index (χ4n) is 5.26. The molecule has 1 aliphatic carbocycles. The van der Waals surface area contributed by atoms with Crippen molar-refractivity contribution in [3.05, 3.63) is 53.1 Å². The van der Waals surface area contributed by atoms with Gasteiger partial charge >= 0.3 is 5.97 Å². The number of carbonyl (C=O) groups excluding carboxylic acids is 2. The zero-order chi connectivity index (χ0) is 27.1. The lowest BCUT2D eigenvalue weighted by atomic mass is 9.72. The van der Waals surface area contributed by atoms with Gasteiger partial charge in [0.25, 0.3) is 5.91 Å². The highest BCUT2D eigenvalue weighted by Crippen LogP contribution is 2.48. The molecule has 1 saturated carbocycles. The normalized spacial score (nSPS) is 21.5. The van der Waals surface area contributed by atoms with Crippen molar-refractivity contribution < 1.29 is 33.0 Å². The quantitative estimate of drug-likeness (QED) is 0.542. The van der Waals surface area contributed by atoms with Crippen molar-refractivity contribution in [3.8, 4) is 5.75 Å². The molecule has 4 rings (SSSR count). The van der Waals surface area contributed by atoms with Gasteiger partial charge in [-0.15, -0.1) is 0 Å². The first-order chi connectivity index (χ1) is 17.4. The van der Waals surface area contributed by atoms with E-state index in [4.69, 9.17) is 9.84 Å². The average Bonchev–Trinajstić information content (AvgIpc) is 2.77. The van der Waals surface area contributed by atoms with Crippen LogP contribution in [0, 0.1) is 23.5 Å². The average molecular weight is 535 g/mol. The summed E-state index contributed by atoms with van der Waals surface area (Å²) in [7, 11) is -0.137. The second-order valence-corrected chi connectivity index (χ2v) is 14.6. The van der Waals surface area contributed by atoms with Gasteiger partial charge in [-0.25, -0.2) is 18.8 Å². The Morgan fingerprint density at radius 3 is 2.32 bits per heavy atom. The van der Waals surface area contributed by atoms with E-state index in [0.29, 0.717) is 30.6 Å². The predicted molar refractivity (Wildman–Crippen MR) is 138 cm³/mol. The number of rotatable bonds is 7. The summed E-state index contributed by atoms with van der Waals surface area (Å²) in [4.78, 5) is 39.5. The molecule has 0 spiro atoms. The standard InChI is InChI=1S/C27H32F2N2O5S/c1-36-19-5-6-20-16(12-19)7-8-31(27(35)17-9-15(10-17)11-23(32)33)24(20)26(34)30-18-13-21(28)25(22(29)14-18)37(2,3)4/h5-6,12-15,17,24H,7-11H2,1-4H3,(H,30,34)(H,32,33)/t15-,17-,24?. The molecule has 0 aromatic heterocycles. The van der Waals surface area contributed by atoms with E-state index >= 15 is 0 Å². The van der Waals surface area contributed by atoms with Gasteiger partial charge in [-0.2, -0.15) is 0 Å². The summed E-state index contributed by atoms with van der Waals surface area (Å²) in [6.07, 6.45) is 6.79. The first-order valence-electron chi connectivity index (χ1n) is 12.1. The number of ether oxygens (including phenoxy) is 1. The lowest BCUT2D eigenvalue weighted by molar-refractivity contribution is -0.149. The Balaban J connectivity index is 1.62. The lowest BCUT2D eigenvalue weighted by Gasteiger charge is -2.42. The van der Waals surface area contributed by atoms with Gasteiger partial charge in [0.2, 0.25) is 5.91 Å². The molecule has 37 heavy (non-hydrogen) atoms. The fraction of sp³-hybridized carbons (Fsp3) is 0.444. The molecule has 200 valence electrons. The van der Waals surface area contributed by atoms with Crippen molar-refractivity contribution in [2.24, 2.45) is 11.8 Å². The molecular weight excluding hydrogens is 502 g/mol. The number of hydrogen-bond acceptors (Lipinski definition) is 4. The van der Waals surface area contributed by atoms with Crippen molar-refractivity contribution in [2.45, 2.75) is 36.6 Å². The number of benzene rings is 2. The van der Waals surface area contributed by atoms with Crippen molar-refractivity contribution >= 4 is 33.5 Å². The molecule has 1 unspecified atom stereocenters. The van der Waals surface area contributed by atoms with Crippen LogP contribution < -0.4 is 10.1 Å². The molecule has 7 nitrogen and oxygen atoms in total. The van der Waals surface area contributed by atoms with Gasteiger partial charge < -0.3 is 20.1 Å². The maximum atomic E-state index is 14.8. The number of nitrogens with zero attached hydrogens (tertiary/aromatic N) is 1. The van der Waals surface area contributed by atoms with Crippen molar-refractivity contribution in [1.29, 1.82) is 0 Å². The number of carboxylic acids is 1. The maximum Gasteiger partial charge on any atom is 0.303 e. The van der Waals surface area contributed by atoms with E-state index in [-0.39, 0.29) is 41.3 Å². The van der Waals surface area contributed by atoms with Crippen molar-refractivity contribution in [3.63, 3.8) is 0 Å². The molecule has 2 N–H and O–H groups in total. The second kappa shape index (κ2) is 10.3. The number of nitrogens with one attached hydrogen (secondary N) is 1. The lowest BCUT2D eigenvalue weighted by Crippen LogP contribution is -2.50. The Morgan fingerprint density at radius 2 is 1.76 bits per heavy atom. The number of methoxy groups -OCH3 is 1. The van der Waals surface area contributed by atoms with Crippen molar-refractivity contribution in [2.75, 3.05) is 37.7 Å². The van der Waals surface area contributed by atoms with Crippen LogP contribution in [0.1, 0.15) is 36.4 Å². The largest absolute Gasteiger partial charge is 0.497 e. The number of aliphatic carboxylic acids is 1. The number of carbonyl (C=O) groups is 3. The zero-order valence-corrected chi connectivity index (χ0v) is 22.2. The number of anilines is 1. The number of fused-ring (bicyclic) bond motifs is 1. The molecule has 0 saturated heterocycles. The fourth-order valence-corrected chi connectivity index (χ4v) is 6.55. The third-order valence-electron chi connectivity index (χ3n) is 7.04. The van der Waals surface area contributed by atoms with E-state index < -0.39 is 39.6 Å². The van der Waals surface area contributed by atoms with E-state index in [1.165, 1.54) is 4.90 Å². The smallest absolute Gasteiger partial charge is 0.303 e. The highest BCUT2D eigenvalue weighted by molar-refractivity contribution is 8.32. The van der Waals surface area contributed by atoms with Crippen LogP contribution in [0.25, 0.3) is 0 Å². The summed E-state index contributed by atoms with van der Waals surface area (Å²) in [5.74, 6) is -2.93. The van der Waals surface area contributed by atoms with Gasteiger partial charge in [0, 0.05) is 24.6 Å². The van der Waals surface area contributed by atoms with Crippen LogP contribution in [-0.4, -0.2) is 60.2 Å². The van der Waals surface area contributed by atoms with E-state index in [9.17, 15) is 23.2 Å². The van der Waals surface area contributed by atoms with Gasteiger partial charge in [0.15, 0.2) is 0 Å². The summed E-state index contributed by atoms with van der Waals surface area (Å²) < 4.78 is 35.0. The minimum absolute atomic E-state index is 0.0123. The van der Waals surface area contributed by atoms with E-state index in [1.807, 2.05) is 6.07 Å². The van der Waals surface area contributed by atoms with E-state index in [0.717, 1.165) is 17.7 Å². The monoisotopic (exact) mass is 534 g/mol. The summed E-state index contributed by atoms with van der Waals surface area (Å²) >= 11 is 0. The molecule has 0 bridgehead atoms. The third kappa shape index (κ3) is 5.58. The molecule has 2 aromatic carbocycles. The van der Waals surface area contributed by atoms with Crippen LogP contribution in [0.4, 0.5) is 14.5 Å². The molecule has 10 heteroatoms. The summed E-state index contributed by atoms with van der Waals surface area (Å²) in [5.41, 5.74) is 1.45. The molecule has 2 amide bonds. The van der Waals surface area contributed by atoms with Gasteiger partial charge in [-0.1, -0.05) is 6.07 Å². The third-order valence-corrected chi connectivity index (χ3v) is 8.65. The second-order valence-electron chi connectivity index (χ2n) is 10.5. The van der Waals surface area contributed by atoms with Gasteiger partial charge in [0.05, 0.1) is 12.0 Å². The topological polar surface area (TPSA) is 95.9 Å². The Morgan fingerprint density at radius 1 is 1.11 bits per heavy atom. The van der Waals surface area contributed by atoms with E-state index in [2.05, 4.69) is 5.32 Å². The highest BCUT2D eigenvalue weighted by atomic mass is 32.3. The van der Waals surface area contributed by atoms with Gasteiger partial charge in [0.1, 0.15) is 23.4 Å². The Kier molecular flexibility index (Phi) is 7.50. The van der Waals surface area contributed by atoms with Crippen LogP contribution in [0.3, 0.4) is 0 Å². The number of carboxylic acid groups (broad SMARTS) is 1. The first-order valence-corrected chi connectivity index (χ1v) is 14.9. The van der Waals surface area contributed by atoms with Crippen LogP contribution in [-0.2, 0) is 20.8 Å². The van der Waals surface area contributed by atoms with Crippen molar-refractivity contribution in [1.82, 2.24) is 4.90 Å². The summed E-state index contributed by atoms with van der Waals surface area (Å²) in [6.45, 7) is 0.284. The summed E-state index contributed by atoms with van der Waals surface area (Å²) in [6, 6.07) is 6.49.